The molecule has 0 radical (unpaired) electrons. The van der Waals surface area contributed by atoms with Gasteiger partial charge in [-0.1, -0.05) is 18.2 Å². The number of amides is 1. The van der Waals surface area contributed by atoms with Crippen molar-refractivity contribution in [2.45, 2.75) is 31.7 Å². The van der Waals surface area contributed by atoms with Crippen molar-refractivity contribution in [1.82, 2.24) is 15.2 Å². The first-order valence-electron chi connectivity index (χ1n) is 9.59. The number of rotatable bonds is 5. The van der Waals surface area contributed by atoms with E-state index >= 15 is 0 Å². The third kappa shape index (κ3) is 3.67. The minimum absolute atomic E-state index is 0.192. The van der Waals surface area contributed by atoms with Gasteiger partial charge >= 0.3 is 0 Å². The molecule has 1 saturated heterocycles. The predicted molar refractivity (Wildman–Crippen MR) is 101 cm³/mol. The van der Waals surface area contributed by atoms with Crippen LogP contribution in [-0.2, 0) is 13.0 Å². The molecule has 142 valence electrons. The molecule has 5 nitrogen and oxygen atoms in total. The summed E-state index contributed by atoms with van der Waals surface area (Å²) >= 11 is 0. The minimum Gasteiger partial charge on any atom is -0.352 e. The lowest BCUT2D eigenvalue weighted by atomic mass is 9.84. The zero-order valence-electron chi connectivity index (χ0n) is 15.2. The summed E-state index contributed by atoms with van der Waals surface area (Å²) in [7, 11) is 0. The van der Waals surface area contributed by atoms with Crippen molar-refractivity contribution in [3.8, 4) is 0 Å². The Bertz CT molecular complexity index is 909. The normalized spacial score (nSPS) is 20.8. The number of aryl methyl sites for hydroxylation is 1. The van der Waals surface area contributed by atoms with Crippen molar-refractivity contribution in [2.24, 2.45) is 5.92 Å². The molecule has 0 unspecified atom stereocenters. The molecule has 2 aliphatic rings. The maximum absolute atomic E-state index is 13.6. The number of hydrogen-bond acceptors (Lipinski definition) is 3. The lowest BCUT2D eigenvalue weighted by Crippen LogP contribution is -2.46. The number of nitrogens with zero attached hydrogens (tertiary/aromatic N) is 1. The van der Waals surface area contributed by atoms with Gasteiger partial charge in [0, 0.05) is 31.2 Å². The van der Waals surface area contributed by atoms with Gasteiger partial charge in [0.2, 0.25) is 0 Å². The molecule has 0 aliphatic carbocycles. The predicted octanol–water partition coefficient (Wildman–Crippen LogP) is 2.06. The molecule has 2 aliphatic heterocycles. The maximum Gasteiger partial charge on any atom is 0.263 e. The highest BCUT2D eigenvalue weighted by Crippen LogP contribution is 2.31. The Morgan fingerprint density at radius 3 is 2.93 bits per heavy atom. The number of piperidine rings is 1. The van der Waals surface area contributed by atoms with Gasteiger partial charge < -0.3 is 15.2 Å². The molecular weight excluding hydrogens is 345 g/mol. The lowest BCUT2D eigenvalue weighted by molar-refractivity contribution is 0.0950. The fourth-order valence-corrected chi connectivity index (χ4v) is 4.24. The largest absolute Gasteiger partial charge is 0.352 e. The molecule has 2 atom stereocenters. The van der Waals surface area contributed by atoms with E-state index in [2.05, 4.69) is 10.6 Å². The van der Waals surface area contributed by atoms with Crippen LogP contribution in [0.2, 0.25) is 0 Å². The van der Waals surface area contributed by atoms with Gasteiger partial charge in [-0.2, -0.15) is 0 Å². The topological polar surface area (TPSA) is 63.1 Å². The second-order valence-electron chi connectivity index (χ2n) is 7.50. The van der Waals surface area contributed by atoms with Crippen LogP contribution < -0.4 is 16.2 Å². The van der Waals surface area contributed by atoms with Gasteiger partial charge in [0.25, 0.3) is 11.5 Å². The first-order chi connectivity index (χ1) is 13.1. The second kappa shape index (κ2) is 7.64. The Kier molecular flexibility index (Phi) is 5.07. The van der Waals surface area contributed by atoms with Gasteiger partial charge in [-0.05, 0) is 55.5 Å². The first-order valence-corrected chi connectivity index (χ1v) is 9.59. The zero-order valence-corrected chi connectivity index (χ0v) is 15.2. The third-order valence-electron chi connectivity index (χ3n) is 5.62. The molecule has 0 saturated carbocycles. The van der Waals surface area contributed by atoms with Crippen molar-refractivity contribution in [3.63, 3.8) is 0 Å². The van der Waals surface area contributed by atoms with E-state index in [-0.39, 0.29) is 22.8 Å². The molecule has 2 N–H and O–H groups in total. The molecule has 3 heterocycles. The molecule has 2 aromatic rings. The van der Waals surface area contributed by atoms with Crippen molar-refractivity contribution in [3.05, 3.63) is 69.4 Å². The highest BCUT2D eigenvalue weighted by molar-refractivity contribution is 5.93. The number of aromatic nitrogens is 1. The van der Waals surface area contributed by atoms with E-state index in [1.54, 1.807) is 28.8 Å². The Morgan fingerprint density at radius 2 is 2.07 bits per heavy atom. The SMILES string of the molecule is O=C(NCCCc1ccccc1F)c1ccc2n(c1=O)C[C@@H]1CNC[C@H]2C1. The van der Waals surface area contributed by atoms with Gasteiger partial charge in [0.15, 0.2) is 0 Å². The Morgan fingerprint density at radius 1 is 1.22 bits per heavy atom. The molecule has 1 aromatic heterocycles. The van der Waals surface area contributed by atoms with Crippen LogP contribution in [0.1, 0.15) is 40.4 Å². The minimum atomic E-state index is -0.349. The average molecular weight is 369 g/mol. The highest BCUT2D eigenvalue weighted by Gasteiger charge is 2.31. The van der Waals surface area contributed by atoms with Gasteiger partial charge in [-0.15, -0.1) is 0 Å². The summed E-state index contributed by atoms with van der Waals surface area (Å²) in [6.45, 7) is 2.89. The zero-order chi connectivity index (χ0) is 18.8. The molecule has 6 heteroatoms. The summed E-state index contributed by atoms with van der Waals surface area (Å²) in [6, 6.07) is 10.2. The summed E-state index contributed by atoms with van der Waals surface area (Å²) in [5, 5.41) is 6.21. The van der Waals surface area contributed by atoms with E-state index in [1.165, 1.54) is 6.07 Å². The number of carbonyl (C=O) groups is 1. The number of fused-ring (bicyclic) bond motifs is 4. The van der Waals surface area contributed by atoms with Crippen LogP contribution in [0.5, 0.6) is 0 Å². The highest BCUT2D eigenvalue weighted by atomic mass is 19.1. The van der Waals surface area contributed by atoms with Crippen molar-refractivity contribution in [1.29, 1.82) is 0 Å². The first kappa shape index (κ1) is 17.9. The van der Waals surface area contributed by atoms with Gasteiger partial charge in [0.1, 0.15) is 11.4 Å². The van der Waals surface area contributed by atoms with Gasteiger partial charge in [-0.25, -0.2) is 4.39 Å². The molecule has 1 aromatic carbocycles. The maximum atomic E-state index is 13.6. The van der Waals surface area contributed by atoms with Crippen molar-refractivity contribution < 1.29 is 9.18 Å². The Labute approximate surface area is 157 Å². The van der Waals surface area contributed by atoms with Crippen LogP contribution >= 0.6 is 0 Å². The molecule has 4 rings (SSSR count). The average Bonchev–Trinajstić information content (AvgIpc) is 2.67. The van der Waals surface area contributed by atoms with E-state index in [0.29, 0.717) is 43.3 Å². The van der Waals surface area contributed by atoms with Gasteiger partial charge in [0.05, 0.1) is 0 Å². The van der Waals surface area contributed by atoms with E-state index in [0.717, 1.165) is 25.2 Å². The monoisotopic (exact) mass is 369 g/mol. The summed E-state index contributed by atoms with van der Waals surface area (Å²) < 4.78 is 15.4. The van der Waals surface area contributed by atoms with E-state index < -0.39 is 0 Å². The molecule has 0 spiro atoms. The van der Waals surface area contributed by atoms with Crippen LogP contribution in [0.3, 0.4) is 0 Å². The molecule has 1 fully saturated rings. The third-order valence-corrected chi connectivity index (χ3v) is 5.62. The summed E-state index contributed by atoms with van der Waals surface area (Å²) in [6.07, 6.45) is 2.27. The standard InChI is InChI=1S/C21H24FN3O2/c22-18-6-2-1-4-15(18)5-3-9-24-20(26)17-7-8-19-16-10-14(11-23-12-16)13-25(19)21(17)27/h1-2,4,6-8,14,16,23H,3,5,9-13H2,(H,24,26)/t14-,16+/m0/s1. The fraction of sp³-hybridized carbons (Fsp3) is 0.429. The van der Waals surface area contributed by atoms with Crippen LogP contribution in [0.25, 0.3) is 0 Å². The smallest absolute Gasteiger partial charge is 0.263 e. The quantitative estimate of drug-likeness (QED) is 0.793. The molecular formula is C21H24FN3O2. The number of pyridine rings is 1. The van der Waals surface area contributed by atoms with Crippen LogP contribution in [-0.4, -0.2) is 30.1 Å². The van der Waals surface area contributed by atoms with Crippen LogP contribution in [0.15, 0.2) is 41.2 Å². The summed E-state index contributed by atoms with van der Waals surface area (Å²) in [5.74, 6) is 0.227. The fourth-order valence-electron chi connectivity index (χ4n) is 4.24. The lowest BCUT2D eigenvalue weighted by Gasteiger charge is -2.37. The number of nitrogens with one attached hydrogen (secondary N) is 2. The Balaban J connectivity index is 1.40. The van der Waals surface area contributed by atoms with Crippen LogP contribution in [0.4, 0.5) is 4.39 Å². The number of carbonyl (C=O) groups excluding carboxylic acids is 1. The second-order valence-corrected chi connectivity index (χ2v) is 7.50. The van der Waals surface area contributed by atoms with E-state index in [1.807, 2.05) is 6.07 Å². The van der Waals surface area contributed by atoms with Crippen LogP contribution in [0, 0.1) is 11.7 Å². The molecule has 1 amide bonds. The van der Waals surface area contributed by atoms with E-state index in [4.69, 9.17) is 0 Å². The molecule has 27 heavy (non-hydrogen) atoms. The Hall–Kier alpha value is -2.47. The van der Waals surface area contributed by atoms with Crippen molar-refractivity contribution >= 4 is 5.91 Å². The number of hydrogen-bond donors (Lipinski definition) is 2. The summed E-state index contributed by atoms with van der Waals surface area (Å²) in [5.41, 5.74) is 1.66. The number of benzene rings is 1. The summed E-state index contributed by atoms with van der Waals surface area (Å²) in [4.78, 5) is 25.3. The van der Waals surface area contributed by atoms with E-state index in [9.17, 15) is 14.0 Å². The van der Waals surface area contributed by atoms with Crippen molar-refractivity contribution in [2.75, 3.05) is 19.6 Å². The number of halogens is 1. The van der Waals surface area contributed by atoms with Gasteiger partial charge in [-0.3, -0.25) is 9.59 Å². The molecule has 2 bridgehead atoms.